The number of fused-ring (bicyclic) bond motifs is 1. The summed E-state index contributed by atoms with van der Waals surface area (Å²) >= 11 is 0. The second kappa shape index (κ2) is 17.0. The summed E-state index contributed by atoms with van der Waals surface area (Å²) in [5.74, 6) is -2.17. The van der Waals surface area contributed by atoms with Crippen LogP contribution in [0, 0.1) is 0 Å². The number of nitrogens with one attached hydrogen (secondary N) is 3. The van der Waals surface area contributed by atoms with Crippen molar-refractivity contribution in [3.05, 3.63) is 89.0 Å². The third-order valence-electron chi connectivity index (χ3n) is 7.77. The molecule has 5 amide bonds. The number of nitrogens with zero attached hydrogens (tertiary/aromatic N) is 1. The molecular weight excluding hydrogens is 632 g/mol. The number of benzene rings is 3. The van der Waals surface area contributed by atoms with Gasteiger partial charge in [0.25, 0.3) is 17.7 Å². The number of carbonyl (C=O) groups excluding carboxylic acids is 5. The van der Waals surface area contributed by atoms with Gasteiger partial charge in [0, 0.05) is 25.7 Å². The lowest BCUT2D eigenvalue weighted by molar-refractivity contribution is -0.136. The van der Waals surface area contributed by atoms with Gasteiger partial charge in [-0.3, -0.25) is 34.2 Å². The molecule has 3 N–H and O–H groups in total. The van der Waals surface area contributed by atoms with E-state index in [9.17, 15) is 24.0 Å². The topological polar surface area (TPSA) is 162 Å². The van der Waals surface area contributed by atoms with E-state index in [0.29, 0.717) is 26.4 Å². The number of hydrogen-bond donors (Lipinski definition) is 3. The zero-order chi connectivity index (χ0) is 34.6. The van der Waals surface area contributed by atoms with Crippen molar-refractivity contribution in [2.24, 2.45) is 0 Å². The van der Waals surface area contributed by atoms with Crippen LogP contribution in [-0.4, -0.2) is 93.7 Å². The molecule has 2 aliphatic rings. The smallest absolute Gasteiger partial charge is 0.266 e. The number of anilines is 1. The Morgan fingerprint density at radius 3 is 2.20 bits per heavy atom. The summed E-state index contributed by atoms with van der Waals surface area (Å²) in [4.78, 5) is 63.0. The van der Waals surface area contributed by atoms with Crippen LogP contribution in [0.4, 0.5) is 5.69 Å². The first-order chi connectivity index (χ1) is 23.8. The molecule has 1 atom stereocenters. The van der Waals surface area contributed by atoms with E-state index in [0.717, 1.165) is 27.5 Å². The first-order valence-electron chi connectivity index (χ1n) is 15.9. The van der Waals surface area contributed by atoms with Gasteiger partial charge in [0.2, 0.25) is 11.8 Å². The maximum atomic E-state index is 13.1. The molecule has 0 saturated carbocycles. The minimum absolute atomic E-state index is 0.0163. The highest BCUT2D eigenvalue weighted by Gasteiger charge is 2.46. The van der Waals surface area contributed by atoms with E-state index < -0.39 is 42.2 Å². The van der Waals surface area contributed by atoms with E-state index in [4.69, 9.17) is 18.9 Å². The highest BCUT2D eigenvalue weighted by Crippen LogP contribution is 2.33. The van der Waals surface area contributed by atoms with Gasteiger partial charge in [0.15, 0.2) is 6.61 Å². The molecule has 2 aliphatic heterocycles. The fraction of sp³-hybridized carbons (Fsp3) is 0.306. The summed E-state index contributed by atoms with van der Waals surface area (Å²) < 4.78 is 22.3. The average molecular weight is 671 g/mol. The molecule has 2 heterocycles. The summed E-state index contributed by atoms with van der Waals surface area (Å²) in [7, 11) is 1.89. The number of amides is 5. The molecule has 0 aromatic heterocycles. The molecule has 0 spiro atoms. The monoisotopic (exact) mass is 670 g/mol. The minimum atomic E-state index is -1.09. The Bertz CT molecular complexity index is 1690. The SMILES string of the molecule is CNc1ccc(/C=C/c2ccc(OCCOCCOCCNC(=O)COc3cccc4c3C(=O)N(C3CCC(=O)NC3=O)C4=O)cc2)cc1. The van der Waals surface area contributed by atoms with E-state index in [2.05, 4.69) is 34.2 Å². The Morgan fingerprint density at radius 1 is 0.837 bits per heavy atom. The Hall–Kier alpha value is -5.53. The van der Waals surface area contributed by atoms with E-state index in [1.807, 2.05) is 49.5 Å². The van der Waals surface area contributed by atoms with Crippen molar-refractivity contribution in [3.63, 3.8) is 0 Å². The predicted octanol–water partition coefficient (Wildman–Crippen LogP) is 2.91. The number of ether oxygens (including phenoxy) is 4. The number of imide groups is 2. The lowest BCUT2D eigenvalue weighted by atomic mass is 10.0. The van der Waals surface area contributed by atoms with Crippen molar-refractivity contribution in [2.45, 2.75) is 18.9 Å². The molecule has 13 nitrogen and oxygen atoms in total. The van der Waals surface area contributed by atoms with Gasteiger partial charge >= 0.3 is 0 Å². The fourth-order valence-electron chi connectivity index (χ4n) is 5.23. The fourth-order valence-corrected chi connectivity index (χ4v) is 5.23. The van der Waals surface area contributed by atoms with Crippen molar-refractivity contribution in [1.29, 1.82) is 0 Å². The zero-order valence-electron chi connectivity index (χ0n) is 27.1. The summed E-state index contributed by atoms with van der Waals surface area (Å²) in [6, 6.07) is 19.3. The number of carbonyl (C=O) groups is 5. The van der Waals surface area contributed by atoms with Gasteiger partial charge in [-0.2, -0.15) is 0 Å². The quantitative estimate of drug-likeness (QED) is 0.111. The highest BCUT2D eigenvalue weighted by atomic mass is 16.5. The van der Waals surface area contributed by atoms with Crippen molar-refractivity contribution in [3.8, 4) is 11.5 Å². The third kappa shape index (κ3) is 9.30. The van der Waals surface area contributed by atoms with Gasteiger partial charge in [0.05, 0.1) is 37.6 Å². The molecule has 5 rings (SSSR count). The van der Waals surface area contributed by atoms with E-state index in [1.54, 1.807) is 0 Å². The van der Waals surface area contributed by atoms with Crippen molar-refractivity contribution in [2.75, 3.05) is 58.6 Å². The number of rotatable bonds is 17. The van der Waals surface area contributed by atoms with Crippen LogP contribution < -0.4 is 25.4 Å². The zero-order valence-corrected chi connectivity index (χ0v) is 27.1. The first kappa shape index (κ1) is 34.8. The number of piperidine rings is 1. The van der Waals surface area contributed by atoms with E-state index >= 15 is 0 Å². The molecular formula is C36H38N4O9. The van der Waals surface area contributed by atoms with Crippen LogP contribution in [0.5, 0.6) is 11.5 Å². The molecule has 256 valence electrons. The molecule has 1 fully saturated rings. The summed E-state index contributed by atoms with van der Waals surface area (Å²) in [6.07, 6.45) is 4.16. The minimum Gasteiger partial charge on any atom is -0.491 e. The molecule has 49 heavy (non-hydrogen) atoms. The average Bonchev–Trinajstić information content (AvgIpc) is 3.37. The third-order valence-corrected chi connectivity index (χ3v) is 7.77. The summed E-state index contributed by atoms with van der Waals surface area (Å²) in [5, 5.41) is 7.92. The standard InChI is InChI=1S/C36H38N4O9/c1-37-26-11-7-24(8-12-26)5-6-25-9-13-27(14-10-25)48-22-21-47-20-19-46-18-17-38-32(42)23-49-30-4-2-3-28-33(30)36(45)40(35(28)44)29-15-16-31(41)39-34(29)43/h2-14,29,37H,15-23H2,1H3,(H,38,42)(H,39,41,43)/b6-5+. The maximum Gasteiger partial charge on any atom is 0.266 e. The Kier molecular flexibility index (Phi) is 12.1. The number of hydrogen-bond acceptors (Lipinski definition) is 10. The molecule has 1 unspecified atom stereocenters. The van der Waals surface area contributed by atoms with Gasteiger partial charge in [-0.05, 0) is 53.9 Å². The molecule has 13 heteroatoms. The maximum absolute atomic E-state index is 13.1. The Morgan fingerprint density at radius 2 is 1.51 bits per heavy atom. The second-order valence-corrected chi connectivity index (χ2v) is 11.1. The lowest BCUT2D eigenvalue weighted by Gasteiger charge is -2.27. The van der Waals surface area contributed by atoms with Gasteiger partial charge in [-0.25, -0.2) is 0 Å². The van der Waals surface area contributed by atoms with Gasteiger partial charge in [0.1, 0.15) is 24.1 Å². The van der Waals surface area contributed by atoms with Crippen molar-refractivity contribution < 1.29 is 42.9 Å². The summed E-state index contributed by atoms with van der Waals surface area (Å²) in [5.41, 5.74) is 3.30. The summed E-state index contributed by atoms with van der Waals surface area (Å²) in [6.45, 7) is 1.56. The van der Waals surface area contributed by atoms with Crippen LogP contribution in [0.1, 0.15) is 44.7 Å². The van der Waals surface area contributed by atoms with Gasteiger partial charge in [-0.15, -0.1) is 0 Å². The highest BCUT2D eigenvalue weighted by molar-refractivity contribution is 6.24. The van der Waals surface area contributed by atoms with Crippen LogP contribution in [-0.2, 0) is 23.9 Å². The van der Waals surface area contributed by atoms with Crippen LogP contribution in [0.2, 0.25) is 0 Å². The van der Waals surface area contributed by atoms with Gasteiger partial charge < -0.3 is 29.6 Å². The van der Waals surface area contributed by atoms with E-state index in [-0.39, 0.29) is 42.9 Å². The van der Waals surface area contributed by atoms with E-state index in [1.165, 1.54) is 18.2 Å². The van der Waals surface area contributed by atoms with Crippen LogP contribution in [0.3, 0.4) is 0 Å². The van der Waals surface area contributed by atoms with Gasteiger partial charge in [-0.1, -0.05) is 42.5 Å². The normalized spacial score (nSPS) is 15.7. The second-order valence-electron chi connectivity index (χ2n) is 11.1. The molecule has 3 aromatic carbocycles. The van der Waals surface area contributed by atoms with Crippen LogP contribution >= 0.6 is 0 Å². The lowest BCUT2D eigenvalue weighted by Crippen LogP contribution is -2.54. The Balaban J connectivity index is 0.918. The molecule has 0 radical (unpaired) electrons. The van der Waals surface area contributed by atoms with Crippen molar-refractivity contribution >= 4 is 47.4 Å². The molecule has 0 aliphatic carbocycles. The molecule has 0 bridgehead atoms. The Labute approximate surface area is 283 Å². The molecule has 1 saturated heterocycles. The van der Waals surface area contributed by atoms with Crippen molar-refractivity contribution in [1.82, 2.24) is 15.5 Å². The first-order valence-corrected chi connectivity index (χ1v) is 15.9. The molecule has 3 aromatic rings. The predicted molar refractivity (Wildman–Crippen MR) is 180 cm³/mol. The van der Waals surface area contributed by atoms with Crippen LogP contribution in [0.25, 0.3) is 12.2 Å². The van der Waals surface area contributed by atoms with Crippen LogP contribution in [0.15, 0.2) is 66.7 Å². The largest absolute Gasteiger partial charge is 0.491 e.